The van der Waals surface area contributed by atoms with Gasteiger partial charge in [-0.1, -0.05) is 25.1 Å². The number of aryl methyl sites for hydroxylation is 1. The van der Waals surface area contributed by atoms with Crippen molar-refractivity contribution >= 4 is 0 Å². The molecule has 0 spiro atoms. The number of halogens is 1. The van der Waals surface area contributed by atoms with E-state index in [4.69, 9.17) is 4.74 Å². The number of aromatic nitrogens is 1. The minimum Gasteiger partial charge on any atom is -0.473 e. The third kappa shape index (κ3) is 4.03. The van der Waals surface area contributed by atoms with Crippen molar-refractivity contribution < 1.29 is 9.13 Å². The molecule has 2 aromatic rings. The summed E-state index contributed by atoms with van der Waals surface area (Å²) in [7, 11) is 0. The second kappa shape index (κ2) is 7.01. The van der Waals surface area contributed by atoms with Crippen LogP contribution in [-0.4, -0.2) is 11.5 Å². The summed E-state index contributed by atoms with van der Waals surface area (Å²) in [6, 6.07) is 10.5. The Balaban J connectivity index is 2.05. The normalized spacial score (nSPS) is 10.6. The Labute approximate surface area is 118 Å². The monoisotopic (exact) mass is 274 g/mol. The average Bonchev–Trinajstić information content (AvgIpc) is 2.44. The average molecular weight is 274 g/mol. The minimum absolute atomic E-state index is 0.184. The van der Waals surface area contributed by atoms with E-state index >= 15 is 0 Å². The van der Waals surface area contributed by atoms with Gasteiger partial charge in [-0.2, -0.15) is 0 Å². The van der Waals surface area contributed by atoms with Crippen LogP contribution < -0.4 is 10.1 Å². The molecular formula is C16H19FN2O. The number of hydrogen-bond acceptors (Lipinski definition) is 3. The second-order valence-corrected chi connectivity index (χ2v) is 4.62. The van der Waals surface area contributed by atoms with E-state index in [-0.39, 0.29) is 12.4 Å². The first-order chi connectivity index (χ1) is 9.69. The summed E-state index contributed by atoms with van der Waals surface area (Å²) in [6.07, 6.45) is 0. The predicted molar refractivity (Wildman–Crippen MR) is 77.1 cm³/mol. The van der Waals surface area contributed by atoms with Crippen molar-refractivity contribution in [2.45, 2.75) is 27.0 Å². The van der Waals surface area contributed by atoms with Crippen LogP contribution in [0, 0.1) is 12.7 Å². The lowest BCUT2D eigenvalue weighted by Crippen LogP contribution is -2.12. The van der Waals surface area contributed by atoms with E-state index in [1.54, 1.807) is 18.2 Å². The molecule has 20 heavy (non-hydrogen) atoms. The van der Waals surface area contributed by atoms with Gasteiger partial charge in [-0.15, -0.1) is 0 Å². The molecule has 106 valence electrons. The molecule has 0 aliphatic carbocycles. The van der Waals surface area contributed by atoms with Gasteiger partial charge in [0, 0.05) is 23.9 Å². The highest BCUT2D eigenvalue weighted by atomic mass is 19.1. The van der Waals surface area contributed by atoms with Crippen LogP contribution >= 0.6 is 0 Å². The largest absolute Gasteiger partial charge is 0.473 e. The Morgan fingerprint density at radius 2 is 2.05 bits per heavy atom. The topological polar surface area (TPSA) is 34.2 Å². The van der Waals surface area contributed by atoms with Gasteiger partial charge in [0.25, 0.3) is 0 Å². The predicted octanol–water partition coefficient (Wildman–Crippen LogP) is 3.22. The van der Waals surface area contributed by atoms with Crippen molar-refractivity contribution in [1.29, 1.82) is 0 Å². The summed E-state index contributed by atoms with van der Waals surface area (Å²) in [5.41, 5.74) is 2.54. The number of nitrogens with one attached hydrogen (secondary N) is 1. The maximum absolute atomic E-state index is 13.5. The van der Waals surface area contributed by atoms with Crippen LogP contribution in [0.1, 0.15) is 23.7 Å². The van der Waals surface area contributed by atoms with Gasteiger partial charge in [0.1, 0.15) is 12.4 Å². The Hall–Kier alpha value is -1.94. The molecule has 0 saturated carbocycles. The lowest BCUT2D eigenvalue weighted by atomic mass is 10.2. The fourth-order valence-electron chi connectivity index (χ4n) is 1.92. The fourth-order valence-corrected chi connectivity index (χ4v) is 1.92. The highest BCUT2D eigenvalue weighted by molar-refractivity contribution is 5.25. The molecule has 0 fully saturated rings. The molecule has 3 nitrogen and oxygen atoms in total. The molecule has 0 bridgehead atoms. The van der Waals surface area contributed by atoms with Crippen LogP contribution in [0.15, 0.2) is 36.4 Å². The van der Waals surface area contributed by atoms with Gasteiger partial charge in [0.2, 0.25) is 5.88 Å². The maximum atomic E-state index is 13.5. The van der Waals surface area contributed by atoms with Crippen LogP contribution in [0.4, 0.5) is 4.39 Å². The highest BCUT2D eigenvalue weighted by Crippen LogP contribution is 2.15. The summed E-state index contributed by atoms with van der Waals surface area (Å²) in [5, 5.41) is 3.26. The van der Waals surface area contributed by atoms with Crippen LogP contribution in [0.2, 0.25) is 0 Å². The van der Waals surface area contributed by atoms with Crippen molar-refractivity contribution in [3.63, 3.8) is 0 Å². The quantitative estimate of drug-likeness (QED) is 0.878. The summed E-state index contributed by atoms with van der Waals surface area (Å²) in [5.74, 6) is 0.272. The summed E-state index contributed by atoms with van der Waals surface area (Å²) < 4.78 is 19.1. The number of rotatable bonds is 6. The van der Waals surface area contributed by atoms with Gasteiger partial charge < -0.3 is 10.1 Å². The van der Waals surface area contributed by atoms with Gasteiger partial charge in [-0.05, 0) is 31.2 Å². The van der Waals surface area contributed by atoms with Crippen molar-refractivity contribution in [3.8, 4) is 5.88 Å². The van der Waals surface area contributed by atoms with Gasteiger partial charge in [0.15, 0.2) is 0 Å². The lowest BCUT2D eigenvalue weighted by Gasteiger charge is -2.09. The fraction of sp³-hybridized carbons (Fsp3) is 0.312. The van der Waals surface area contributed by atoms with Crippen molar-refractivity contribution in [3.05, 3.63) is 59.0 Å². The molecule has 0 saturated heterocycles. The zero-order chi connectivity index (χ0) is 14.4. The molecular weight excluding hydrogens is 255 g/mol. The SMILES string of the molecule is CCNCc1cc(C)nc(OCc2ccccc2F)c1. The molecule has 4 heteroatoms. The zero-order valence-electron chi connectivity index (χ0n) is 11.8. The van der Waals surface area contributed by atoms with Crippen molar-refractivity contribution in [2.24, 2.45) is 0 Å². The number of benzene rings is 1. The van der Waals surface area contributed by atoms with Crippen LogP contribution in [0.5, 0.6) is 5.88 Å². The molecule has 0 unspecified atom stereocenters. The maximum Gasteiger partial charge on any atom is 0.214 e. The number of hydrogen-bond donors (Lipinski definition) is 1. The molecule has 1 heterocycles. The molecule has 1 aromatic carbocycles. The Morgan fingerprint density at radius 1 is 1.25 bits per heavy atom. The minimum atomic E-state index is -0.256. The molecule has 0 amide bonds. The molecule has 0 aliphatic rings. The van der Waals surface area contributed by atoms with E-state index in [2.05, 4.69) is 17.2 Å². The Kier molecular flexibility index (Phi) is 5.07. The van der Waals surface area contributed by atoms with E-state index in [1.165, 1.54) is 6.07 Å². The molecule has 0 aliphatic heterocycles. The van der Waals surface area contributed by atoms with E-state index in [0.717, 1.165) is 24.3 Å². The first kappa shape index (κ1) is 14.5. The molecule has 1 N–H and O–H groups in total. The van der Waals surface area contributed by atoms with Crippen LogP contribution in [0.3, 0.4) is 0 Å². The highest BCUT2D eigenvalue weighted by Gasteiger charge is 2.04. The third-order valence-corrected chi connectivity index (χ3v) is 2.90. The first-order valence-corrected chi connectivity index (χ1v) is 6.73. The lowest BCUT2D eigenvalue weighted by molar-refractivity contribution is 0.287. The van der Waals surface area contributed by atoms with Crippen LogP contribution in [-0.2, 0) is 13.2 Å². The molecule has 0 atom stereocenters. The van der Waals surface area contributed by atoms with E-state index < -0.39 is 0 Å². The Bertz CT molecular complexity index is 572. The van der Waals surface area contributed by atoms with Crippen molar-refractivity contribution in [2.75, 3.05) is 6.54 Å². The zero-order valence-corrected chi connectivity index (χ0v) is 11.8. The van der Waals surface area contributed by atoms with Gasteiger partial charge in [0.05, 0.1) is 0 Å². The number of ether oxygens (including phenoxy) is 1. The molecule has 0 radical (unpaired) electrons. The van der Waals surface area contributed by atoms with Gasteiger partial charge >= 0.3 is 0 Å². The molecule has 2 rings (SSSR count). The molecule has 1 aromatic heterocycles. The summed E-state index contributed by atoms with van der Waals surface area (Å²) >= 11 is 0. The number of pyridine rings is 1. The Morgan fingerprint density at radius 3 is 2.80 bits per heavy atom. The van der Waals surface area contributed by atoms with Crippen LogP contribution in [0.25, 0.3) is 0 Å². The summed E-state index contributed by atoms with van der Waals surface area (Å²) in [6.45, 7) is 5.85. The smallest absolute Gasteiger partial charge is 0.214 e. The first-order valence-electron chi connectivity index (χ1n) is 6.73. The standard InChI is InChI=1S/C16H19FN2O/c1-3-18-10-13-8-12(2)19-16(9-13)20-11-14-6-4-5-7-15(14)17/h4-9,18H,3,10-11H2,1-2H3. The van der Waals surface area contributed by atoms with E-state index in [9.17, 15) is 4.39 Å². The van der Waals surface area contributed by atoms with Gasteiger partial charge in [-0.25, -0.2) is 9.37 Å². The summed E-state index contributed by atoms with van der Waals surface area (Å²) in [4.78, 5) is 4.31. The third-order valence-electron chi connectivity index (χ3n) is 2.90. The number of nitrogens with zero attached hydrogens (tertiary/aromatic N) is 1. The van der Waals surface area contributed by atoms with E-state index in [0.29, 0.717) is 11.4 Å². The second-order valence-electron chi connectivity index (χ2n) is 4.62. The van der Waals surface area contributed by atoms with Gasteiger partial charge in [-0.3, -0.25) is 0 Å². The van der Waals surface area contributed by atoms with Crippen molar-refractivity contribution in [1.82, 2.24) is 10.3 Å². The van der Waals surface area contributed by atoms with E-state index in [1.807, 2.05) is 19.1 Å².